The van der Waals surface area contributed by atoms with Crippen LogP contribution in [0.4, 0.5) is 4.79 Å². The highest BCUT2D eigenvalue weighted by Gasteiger charge is 2.21. The molecule has 7 heteroatoms. The number of Topliss-reactive ketones (excluding diaryl/α,β-unsaturated/α-hetero) is 2. The number of ketones is 2. The molecule has 0 aliphatic rings. The quantitative estimate of drug-likeness (QED) is 0.481. The van der Waals surface area contributed by atoms with Crippen LogP contribution < -0.4 is 5.32 Å². The van der Waals surface area contributed by atoms with Gasteiger partial charge >= 0.3 is 12.1 Å². The molecule has 0 aromatic rings. The monoisotopic (exact) mass is 301 g/mol. The third-order valence-corrected chi connectivity index (χ3v) is 2.86. The number of hydrogen-bond acceptors (Lipinski definition) is 6. The maximum atomic E-state index is 11.6. The number of esters is 1. The Kier molecular flexibility index (Phi) is 9.83. The maximum Gasteiger partial charge on any atom is 0.407 e. The topological polar surface area (TPSA) is 98.8 Å². The van der Waals surface area contributed by atoms with Crippen molar-refractivity contribution < 1.29 is 28.7 Å². The fourth-order valence-electron chi connectivity index (χ4n) is 1.63. The van der Waals surface area contributed by atoms with E-state index >= 15 is 0 Å². The Morgan fingerprint density at radius 2 is 1.76 bits per heavy atom. The van der Waals surface area contributed by atoms with Gasteiger partial charge < -0.3 is 14.8 Å². The SMILES string of the molecule is CCNC(=O)OC[C@H](CCC(=O)OC)CC(=O)C(=O)CC. The van der Waals surface area contributed by atoms with Gasteiger partial charge in [0.1, 0.15) is 0 Å². The zero-order valence-electron chi connectivity index (χ0n) is 12.8. The molecule has 0 rings (SSSR count). The van der Waals surface area contributed by atoms with Gasteiger partial charge in [-0.05, 0) is 13.3 Å². The number of methoxy groups -OCH3 is 1. The van der Waals surface area contributed by atoms with Gasteiger partial charge in [0.25, 0.3) is 0 Å². The van der Waals surface area contributed by atoms with Crippen molar-refractivity contribution in [1.29, 1.82) is 0 Å². The Balaban J connectivity index is 4.46. The van der Waals surface area contributed by atoms with Crippen LogP contribution >= 0.6 is 0 Å². The lowest BCUT2D eigenvalue weighted by Crippen LogP contribution is -2.28. The minimum absolute atomic E-state index is 0.0223. The smallest absolute Gasteiger partial charge is 0.407 e. The summed E-state index contributed by atoms with van der Waals surface area (Å²) in [5, 5.41) is 2.46. The third-order valence-electron chi connectivity index (χ3n) is 2.86. The molecular weight excluding hydrogens is 278 g/mol. The summed E-state index contributed by atoms with van der Waals surface area (Å²) in [5.74, 6) is -1.76. The zero-order chi connectivity index (χ0) is 16.3. The van der Waals surface area contributed by atoms with E-state index in [0.29, 0.717) is 13.0 Å². The average molecular weight is 301 g/mol. The first-order chi connectivity index (χ1) is 9.94. The van der Waals surface area contributed by atoms with E-state index in [-0.39, 0.29) is 31.8 Å². The van der Waals surface area contributed by atoms with Crippen molar-refractivity contribution in [3.05, 3.63) is 0 Å². The lowest BCUT2D eigenvalue weighted by atomic mass is 9.95. The number of carbonyl (C=O) groups is 4. The fourth-order valence-corrected chi connectivity index (χ4v) is 1.63. The molecule has 21 heavy (non-hydrogen) atoms. The molecule has 0 bridgehead atoms. The van der Waals surface area contributed by atoms with E-state index in [0.717, 1.165) is 0 Å². The maximum absolute atomic E-state index is 11.6. The fraction of sp³-hybridized carbons (Fsp3) is 0.714. The minimum atomic E-state index is -0.588. The molecule has 0 saturated carbocycles. The van der Waals surface area contributed by atoms with Gasteiger partial charge in [-0.2, -0.15) is 0 Å². The summed E-state index contributed by atoms with van der Waals surface area (Å²) in [5.41, 5.74) is 0. The standard InChI is InChI=1S/C14H23NO6/c1-4-11(16)12(17)8-10(6-7-13(18)20-3)9-21-14(19)15-5-2/h10H,4-9H2,1-3H3,(H,15,19)/t10-/m1/s1. The average Bonchev–Trinajstić information content (AvgIpc) is 2.48. The molecule has 0 radical (unpaired) electrons. The molecule has 0 unspecified atom stereocenters. The largest absolute Gasteiger partial charge is 0.469 e. The van der Waals surface area contributed by atoms with Crippen molar-refractivity contribution in [2.24, 2.45) is 5.92 Å². The van der Waals surface area contributed by atoms with Crippen LogP contribution in [0.1, 0.15) is 39.5 Å². The van der Waals surface area contributed by atoms with E-state index in [1.54, 1.807) is 13.8 Å². The Bertz CT molecular complexity index is 380. The number of amides is 1. The predicted molar refractivity (Wildman–Crippen MR) is 74.7 cm³/mol. The van der Waals surface area contributed by atoms with Gasteiger partial charge in [-0.1, -0.05) is 6.92 Å². The van der Waals surface area contributed by atoms with Crippen LogP contribution in [0.3, 0.4) is 0 Å². The van der Waals surface area contributed by atoms with Gasteiger partial charge in [-0.3, -0.25) is 14.4 Å². The van der Waals surface area contributed by atoms with Crippen molar-refractivity contribution in [1.82, 2.24) is 5.32 Å². The van der Waals surface area contributed by atoms with Crippen LogP contribution in [0, 0.1) is 5.92 Å². The Morgan fingerprint density at radius 1 is 1.10 bits per heavy atom. The minimum Gasteiger partial charge on any atom is -0.469 e. The van der Waals surface area contributed by atoms with E-state index in [1.165, 1.54) is 7.11 Å². The summed E-state index contributed by atoms with van der Waals surface area (Å²) in [4.78, 5) is 45.3. The van der Waals surface area contributed by atoms with Crippen LogP contribution in [0.25, 0.3) is 0 Å². The summed E-state index contributed by atoms with van der Waals surface area (Å²) in [6, 6.07) is 0. The van der Waals surface area contributed by atoms with Crippen molar-refractivity contribution in [2.45, 2.75) is 39.5 Å². The summed E-state index contributed by atoms with van der Waals surface area (Å²) in [6.07, 6.45) is -0.0691. The van der Waals surface area contributed by atoms with Crippen molar-refractivity contribution >= 4 is 23.6 Å². The molecule has 0 saturated heterocycles. The number of hydrogen-bond donors (Lipinski definition) is 1. The second kappa shape index (κ2) is 10.8. The molecule has 1 N–H and O–H groups in total. The molecule has 0 aromatic heterocycles. The van der Waals surface area contributed by atoms with E-state index in [4.69, 9.17) is 4.74 Å². The first-order valence-corrected chi connectivity index (χ1v) is 6.97. The van der Waals surface area contributed by atoms with Crippen LogP contribution in [0.15, 0.2) is 0 Å². The lowest BCUT2D eigenvalue weighted by molar-refractivity contribution is -0.141. The summed E-state index contributed by atoms with van der Waals surface area (Å²) in [6.45, 7) is 3.76. The first-order valence-electron chi connectivity index (χ1n) is 6.97. The normalized spacial score (nSPS) is 11.4. The molecule has 0 aromatic carbocycles. The van der Waals surface area contributed by atoms with Crippen LogP contribution in [0.5, 0.6) is 0 Å². The molecule has 7 nitrogen and oxygen atoms in total. The van der Waals surface area contributed by atoms with Gasteiger partial charge in [-0.25, -0.2) is 4.79 Å². The summed E-state index contributed by atoms with van der Waals surface area (Å²) in [7, 11) is 1.27. The first kappa shape index (κ1) is 19.1. The van der Waals surface area contributed by atoms with E-state index in [2.05, 4.69) is 10.1 Å². The molecule has 120 valence electrons. The van der Waals surface area contributed by atoms with E-state index in [9.17, 15) is 19.2 Å². The van der Waals surface area contributed by atoms with E-state index < -0.39 is 23.6 Å². The van der Waals surface area contributed by atoms with Gasteiger partial charge in [0, 0.05) is 31.7 Å². The molecule has 0 aliphatic heterocycles. The van der Waals surface area contributed by atoms with E-state index in [1.807, 2.05) is 0 Å². The van der Waals surface area contributed by atoms with Crippen molar-refractivity contribution in [3.63, 3.8) is 0 Å². The highest BCUT2D eigenvalue weighted by Crippen LogP contribution is 2.14. The predicted octanol–water partition coefficient (Wildman–Crippen LogP) is 1.24. The molecule has 0 fully saturated rings. The van der Waals surface area contributed by atoms with Crippen molar-refractivity contribution in [3.8, 4) is 0 Å². The van der Waals surface area contributed by atoms with Gasteiger partial charge in [-0.15, -0.1) is 0 Å². The number of alkyl carbamates (subject to hydrolysis) is 1. The Labute approximate surface area is 124 Å². The van der Waals surface area contributed by atoms with Gasteiger partial charge in [0.15, 0.2) is 11.6 Å². The van der Waals surface area contributed by atoms with Crippen LogP contribution in [0.2, 0.25) is 0 Å². The number of carbonyl (C=O) groups excluding carboxylic acids is 4. The molecular formula is C14H23NO6. The zero-order valence-corrected chi connectivity index (χ0v) is 12.8. The number of nitrogens with one attached hydrogen (secondary N) is 1. The summed E-state index contributed by atoms with van der Waals surface area (Å²) < 4.78 is 9.49. The highest BCUT2D eigenvalue weighted by atomic mass is 16.5. The highest BCUT2D eigenvalue weighted by molar-refractivity contribution is 6.37. The van der Waals surface area contributed by atoms with Gasteiger partial charge in [0.2, 0.25) is 0 Å². The summed E-state index contributed by atoms with van der Waals surface area (Å²) >= 11 is 0. The molecule has 0 aliphatic carbocycles. The lowest BCUT2D eigenvalue weighted by Gasteiger charge is -2.15. The van der Waals surface area contributed by atoms with Crippen LogP contribution in [-0.4, -0.2) is 43.9 Å². The van der Waals surface area contributed by atoms with Gasteiger partial charge in [0.05, 0.1) is 13.7 Å². The molecule has 1 amide bonds. The number of ether oxygens (including phenoxy) is 2. The molecule has 0 spiro atoms. The number of rotatable bonds is 10. The molecule has 1 atom stereocenters. The Morgan fingerprint density at radius 3 is 2.29 bits per heavy atom. The third kappa shape index (κ3) is 8.78. The van der Waals surface area contributed by atoms with Crippen molar-refractivity contribution in [2.75, 3.05) is 20.3 Å². The molecule has 0 heterocycles. The second-order valence-corrected chi connectivity index (χ2v) is 4.51. The second-order valence-electron chi connectivity index (χ2n) is 4.51. The van der Waals surface area contributed by atoms with Crippen LogP contribution in [-0.2, 0) is 23.9 Å². The Hall–Kier alpha value is -1.92.